The molecule has 1 aromatic carbocycles. The summed E-state index contributed by atoms with van der Waals surface area (Å²) in [5, 5.41) is 0. The summed E-state index contributed by atoms with van der Waals surface area (Å²) in [5.74, 6) is -0.358. The van der Waals surface area contributed by atoms with E-state index < -0.39 is 15.1 Å². The summed E-state index contributed by atoms with van der Waals surface area (Å²) in [5.41, 5.74) is 0.922. The Morgan fingerprint density at radius 1 is 1.35 bits per heavy atom. The van der Waals surface area contributed by atoms with E-state index in [0.29, 0.717) is 6.54 Å². The number of amides is 1. The molecule has 1 aromatic rings. The first-order valence-electron chi connectivity index (χ1n) is 7.76. The minimum atomic E-state index is -3.58. The lowest BCUT2D eigenvalue weighted by molar-refractivity contribution is 0.0566. The van der Waals surface area contributed by atoms with E-state index in [2.05, 4.69) is 0 Å². The summed E-state index contributed by atoms with van der Waals surface area (Å²) in [6.45, 7) is 2.61. The molecule has 0 spiro atoms. The Bertz CT molecular complexity index is 620. The lowest BCUT2D eigenvalue weighted by atomic mass is 9.93. The highest BCUT2D eigenvalue weighted by molar-refractivity contribution is 8.13. The molecule has 1 fully saturated rings. The number of carbonyl (C=O) groups is 1. The number of hydrogen-bond acceptors (Lipinski definition) is 4. The molecule has 0 radical (unpaired) electrons. The van der Waals surface area contributed by atoms with Gasteiger partial charge in [0.2, 0.25) is 9.05 Å². The largest absolute Gasteiger partial charge is 0.445 e. The van der Waals surface area contributed by atoms with Crippen molar-refractivity contribution in [2.75, 3.05) is 12.3 Å². The first-order chi connectivity index (χ1) is 10.9. The van der Waals surface area contributed by atoms with Crippen molar-refractivity contribution in [3.8, 4) is 0 Å². The Labute approximate surface area is 142 Å². The van der Waals surface area contributed by atoms with Crippen LogP contribution in [0.15, 0.2) is 30.3 Å². The predicted molar refractivity (Wildman–Crippen MR) is 89.8 cm³/mol. The van der Waals surface area contributed by atoms with Gasteiger partial charge in [-0.2, -0.15) is 0 Å². The van der Waals surface area contributed by atoms with Crippen molar-refractivity contribution in [3.05, 3.63) is 35.9 Å². The monoisotopic (exact) mass is 359 g/mol. The smallest absolute Gasteiger partial charge is 0.410 e. The highest BCUT2D eigenvalue weighted by Gasteiger charge is 2.33. The number of benzene rings is 1. The molecule has 23 heavy (non-hydrogen) atoms. The third-order valence-electron chi connectivity index (χ3n) is 4.11. The molecule has 0 bridgehead atoms. The van der Waals surface area contributed by atoms with E-state index >= 15 is 0 Å². The number of nitrogens with zero attached hydrogens (tertiary/aromatic N) is 1. The standard InChI is InChI=1S/C16H22ClNO4S/c1-13(12-23(17,20)21)15-9-5-6-10-18(15)16(19)22-11-14-7-3-2-4-8-14/h2-4,7-8,13,15H,5-6,9-12H2,1H3. The molecule has 0 N–H and O–H groups in total. The van der Waals surface area contributed by atoms with Gasteiger partial charge in [0.25, 0.3) is 0 Å². The van der Waals surface area contributed by atoms with E-state index in [0.717, 1.165) is 24.8 Å². The number of piperidine rings is 1. The Kier molecular flexibility index (Phi) is 6.30. The topological polar surface area (TPSA) is 63.7 Å². The molecule has 1 aliphatic heterocycles. The highest BCUT2D eigenvalue weighted by Crippen LogP contribution is 2.26. The van der Waals surface area contributed by atoms with Crippen LogP contribution in [0, 0.1) is 5.92 Å². The first kappa shape index (κ1) is 18.1. The van der Waals surface area contributed by atoms with Gasteiger partial charge in [-0.1, -0.05) is 37.3 Å². The molecule has 0 aliphatic carbocycles. The average Bonchev–Trinajstić information content (AvgIpc) is 2.52. The lowest BCUT2D eigenvalue weighted by Crippen LogP contribution is -2.48. The van der Waals surface area contributed by atoms with Crippen molar-refractivity contribution in [1.82, 2.24) is 4.90 Å². The zero-order valence-electron chi connectivity index (χ0n) is 13.2. The number of likely N-dealkylation sites (tertiary alicyclic amines) is 1. The quantitative estimate of drug-likeness (QED) is 0.756. The average molecular weight is 360 g/mol. The molecule has 2 atom stereocenters. The lowest BCUT2D eigenvalue weighted by Gasteiger charge is -2.38. The van der Waals surface area contributed by atoms with Gasteiger partial charge in [-0.25, -0.2) is 13.2 Å². The molecule has 128 valence electrons. The second-order valence-electron chi connectivity index (χ2n) is 5.98. The molecule has 1 saturated heterocycles. The Morgan fingerprint density at radius 2 is 2.04 bits per heavy atom. The van der Waals surface area contributed by atoms with Gasteiger partial charge in [0.15, 0.2) is 0 Å². The number of hydrogen-bond donors (Lipinski definition) is 0. The van der Waals surface area contributed by atoms with Crippen molar-refractivity contribution in [2.24, 2.45) is 5.92 Å². The van der Waals surface area contributed by atoms with Crippen molar-refractivity contribution in [3.63, 3.8) is 0 Å². The zero-order chi connectivity index (χ0) is 16.9. The molecule has 7 heteroatoms. The number of rotatable bonds is 5. The van der Waals surface area contributed by atoms with Gasteiger partial charge in [-0.3, -0.25) is 0 Å². The Morgan fingerprint density at radius 3 is 2.70 bits per heavy atom. The first-order valence-corrected chi connectivity index (χ1v) is 10.2. The number of halogens is 1. The minimum Gasteiger partial charge on any atom is -0.445 e. The van der Waals surface area contributed by atoms with Gasteiger partial charge < -0.3 is 9.64 Å². The van der Waals surface area contributed by atoms with Crippen LogP contribution in [-0.2, 0) is 20.4 Å². The normalized spacial score (nSPS) is 20.1. The molecule has 2 unspecified atom stereocenters. The molecule has 5 nitrogen and oxygen atoms in total. The highest BCUT2D eigenvalue weighted by atomic mass is 35.7. The zero-order valence-corrected chi connectivity index (χ0v) is 14.7. The second kappa shape index (κ2) is 8.02. The molecule has 0 aromatic heterocycles. The Hall–Kier alpha value is -1.27. The van der Waals surface area contributed by atoms with E-state index in [1.54, 1.807) is 4.90 Å². The summed E-state index contributed by atoms with van der Waals surface area (Å²) in [7, 11) is 1.77. The van der Waals surface area contributed by atoms with E-state index in [1.165, 1.54) is 0 Å². The number of carbonyl (C=O) groups excluding carboxylic acids is 1. The SMILES string of the molecule is CC(CS(=O)(=O)Cl)C1CCCCN1C(=O)OCc1ccccc1. The fourth-order valence-electron chi connectivity index (χ4n) is 3.00. The third kappa shape index (κ3) is 5.70. The van der Waals surface area contributed by atoms with Crippen molar-refractivity contribution < 1.29 is 17.9 Å². The van der Waals surface area contributed by atoms with Gasteiger partial charge in [0, 0.05) is 23.3 Å². The van der Waals surface area contributed by atoms with Gasteiger partial charge in [-0.15, -0.1) is 0 Å². The van der Waals surface area contributed by atoms with E-state index in [9.17, 15) is 13.2 Å². The van der Waals surface area contributed by atoms with Crippen LogP contribution in [0.4, 0.5) is 4.79 Å². The predicted octanol–water partition coefficient (Wildman–Crippen LogP) is 3.38. The minimum absolute atomic E-state index is 0.137. The van der Waals surface area contributed by atoms with E-state index in [4.69, 9.17) is 15.4 Å². The maximum Gasteiger partial charge on any atom is 0.410 e. The molecule has 1 heterocycles. The van der Waals surface area contributed by atoms with Gasteiger partial charge in [0.05, 0.1) is 5.75 Å². The summed E-state index contributed by atoms with van der Waals surface area (Å²) in [6, 6.07) is 9.31. The van der Waals surface area contributed by atoms with Crippen LogP contribution in [0.3, 0.4) is 0 Å². The molecule has 1 aliphatic rings. The maximum atomic E-state index is 12.4. The third-order valence-corrected chi connectivity index (χ3v) is 5.41. The van der Waals surface area contributed by atoms with Crippen LogP contribution in [0.2, 0.25) is 0 Å². The van der Waals surface area contributed by atoms with E-state index in [1.807, 2.05) is 37.3 Å². The fraction of sp³-hybridized carbons (Fsp3) is 0.562. The molecular weight excluding hydrogens is 338 g/mol. The Balaban J connectivity index is 1.98. The van der Waals surface area contributed by atoms with Crippen LogP contribution >= 0.6 is 10.7 Å². The van der Waals surface area contributed by atoms with Crippen LogP contribution in [0.1, 0.15) is 31.7 Å². The molecule has 1 amide bonds. The molecule has 2 rings (SSSR count). The van der Waals surface area contributed by atoms with Crippen LogP contribution in [-0.4, -0.2) is 37.8 Å². The summed E-state index contributed by atoms with van der Waals surface area (Å²) < 4.78 is 28.0. The van der Waals surface area contributed by atoms with Crippen molar-refractivity contribution in [1.29, 1.82) is 0 Å². The van der Waals surface area contributed by atoms with E-state index in [-0.39, 0.29) is 24.3 Å². The number of ether oxygens (including phenoxy) is 1. The van der Waals surface area contributed by atoms with Crippen molar-refractivity contribution >= 4 is 25.8 Å². The van der Waals surface area contributed by atoms with Gasteiger partial charge >= 0.3 is 6.09 Å². The van der Waals surface area contributed by atoms with Crippen LogP contribution < -0.4 is 0 Å². The summed E-state index contributed by atoms with van der Waals surface area (Å²) >= 11 is 0. The second-order valence-corrected chi connectivity index (χ2v) is 8.80. The fourth-order valence-corrected chi connectivity index (χ4v) is 4.45. The maximum absolute atomic E-state index is 12.4. The molecule has 0 saturated carbocycles. The van der Waals surface area contributed by atoms with Gasteiger partial charge in [-0.05, 0) is 30.7 Å². The van der Waals surface area contributed by atoms with Gasteiger partial charge in [0.1, 0.15) is 6.61 Å². The van der Waals surface area contributed by atoms with Crippen molar-refractivity contribution in [2.45, 2.75) is 38.8 Å². The van der Waals surface area contributed by atoms with Crippen LogP contribution in [0.25, 0.3) is 0 Å². The summed E-state index contributed by atoms with van der Waals surface area (Å²) in [4.78, 5) is 14.0. The summed E-state index contributed by atoms with van der Waals surface area (Å²) in [6.07, 6.45) is 2.25. The van der Waals surface area contributed by atoms with Crippen LogP contribution in [0.5, 0.6) is 0 Å². The molecular formula is C16H22ClNO4S.